The fraction of sp³-hybridized carbons (Fsp3) is 0.538. The number of ether oxygens (including phenoxy) is 1. The van der Waals surface area contributed by atoms with Gasteiger partial charge in [0.25, 0.3) is 0 Å². The van der Waals surface area contributed by atoms with Gasteiger partial charge in [0.05, 0.1) is 6.61 Å². The molecule has 1 aromatic carbocycles. The first-order valence-corrected chi connectivity index (χ1v) is 7.72. The Morgan fingerprint density at radius 2 is 2.00 bits per heavy atom. The highest BCUT2D eigenvalue weighted by Gasteiger charge is 2.29. The van der Waals surface area contributed by atoms with Crippen molar-refractivity contribution in [3.63, 3.8) is 0 Å². The predicted octanol–water partition coefficient (Wildman–Crippen LogP) is 1.76. The van der Waals surface area contributed by atoms with E-state index in [4.69, 9.17) is 10.5 Å². The van der Waals surface area contributed by atoms with Crippen LogP contribution in [0.4, 0.5) is 10.1 Å². The van der Waals surface area contributed by atoms with Crippen LogP contribution in [0.5, 0.6) is 0 Å². The molecule has 0 radical (unpaired) electrons. The molecule has 0 unspecified atom stereocenters. The normalized spacial score (nSPS) is 12.3. The number of methoxy groups -OCH3 is 1. The van der Waals surface area contributed by atoms with Crippen LogP contribution in [0.1, 0.15) is 19.4 Å². The van der Waals surface area contributed by atoms with Crippen LogP contribution in [0.25, 0.3) is 0 Å². The largest absolute Gasteiger partial charge is 0.398 e. The van der Waals surface area contributed by atoms with Gasteiger partial charge in [0, 0.05) is 25.4 Å². The third-order valence-electron chi connectivity index (χ3n) is 3.00. The van der Waals surface area contributed by atoms with Gasteiger partial charge >= 0.3 is 0 Å². The van der Waals surface area contributed by atoms with Gasteiger partial charge in [0.15, 0.2) is 0 Å². The van der Waals surface area contributed by atoms with Crippen molar-refractivity contribution in [2.45, 2.75) is 31.7 Å². The van der Waals surface area contributed by atoms with E-state index in [0.717, 1.165) is 6.07 Å². The maximum atomic E-state index is 14.0. The Morgan fingerprint density at radius 3 is 2.50 bits per heavy atom. The van der Waals surface area contributed by atoms with Crippen LogP contribution >= 0.6 is 0 Å². The highest BCUT2D eigenvalue weighted by Crippen LogP contribution is 2.25. The quantitative estimate of drug-likeness (QED) is 0.813. The highest BCUT2D eigenvalue weighted by atomic mass is 32.2. The number of hydrogen-bond donors (Lipinski definition) is 1. The van der Waals surface area contributed by atoms with Crippen molar-refractivity contribution in [2.24, 2.45) is 0 Å². The first-order valence-electron chi connectivity index (χ1n) is 6.28. The molecule has 0 atom stereocenters. The number of anilines is 1. The molecular formula is C13H21FN2O3S. The zero-order chi connectivity index (χ0) is 15.5. The summed E-state index contributed by atoms with van der Waals surface area (Å²) in [6.07, 6.45) is 0. The zero-order valence-corrected chi connectivity index (χ0v) is 13.0. The number of nitrogens with two attached hydrogens (primary N) is 1. The Bertz CT molecular complexity index is 573. The van der Waals surface area contributed by atoms with Crippen molar-refractivity contribution in [2.75, 3.05) is 26.0 Å². The van der Waals surface area contributed by atoms with Crippen LogP contribution in [0.2, 0.25) is 0 Å². The summed E-state index contributed by atoms with van der Waals surface area (Å²) in [5.74, 6) is -0.792. The third kappa shape index (κ3) is 3.47. The molecule has 114 valence electrons. The van der Waals surface area contributed by atoms with E-state index in [0.29, 0.717) is 5.56 Å². The number of rotatable bonds is 6. The molecule has 7 heteroatoms. The van der Waals surface area contributed by atoms with E-state index in [1.165, 1.54) is 17.5 Å². The van der Waals surface area contributed by atoms with Gasteiger partial charge in [-0.2, -0.15) is 4.31 Å². The molecule has 5 nitrogen and oxygen atoms in total. The molecule has 0 saturated heterocycles. The number of sulfonamides is 1. The SMILES string of the molecule is COCCN(C(C)C)S(=O)(=O)c1cc(N)c(C)cc1F. The average Bonchev–Trinajstić information content (AvgIpc) is 2.33. The first kappa shape index (κ1) is 16.9. The predicted molar refractivity (Wildman–Crippen MR) is 76.5 cm³/mol. The standard InChI is InChI=1S/C13H21FN2O3S/c1-9(2)16(5-6-19-4)20(17,18)13-8-12(15)10(3)7-11(13)14/h7-9H,5-6,15H2,1-4H3. The second kappa shape index (κ2) is 6.51. The number of nitrogen functional groups attached to an aromatic ring is 1. The maximum absolute atomic E-state index is 14.0. The molecule has 2 N–H and O–H groups in total. The smallest absolute Gasteiger partial charge is 0.246 e. The van der Waals surface area contributed by atoms with Crippen molar-refractivity contribution < 1.29 is 17.5 Å². The molecule has 0 aliphatic carbocycles. The minimum atomic E-state index is -3.94. The average molecular weight is 304 g/mol. The fourth-order valence-corrected chi connectivity index (χ4v) is 3.53. The van der Waals surface area contributed by atoms with E-state index in [2.05, 4.69) is 0 Å². The van der Waals surface area contributed by atoms with Crippen molar-refractivity contribution in [3.05, 3.63) is 23.5 Å². The minimum absolute atomic E-state index is 0.156. The summed E-state index contributed by atoms with van der Waals surface area (Å²) in [6, 6.07) is 2.00. The molecule has 0 aliphatic heterocycles. The summed E-state index contributed by atoms with van der Waals surface area (Å²) in [5.41, 5.74) is 6.45. The number of nitrogens with zero attached hydrogens (tertiary/aromatic N) is 1. The van der Waals surface area contributed by atoms with Crippen molar-refractivity contribution in [1.82, 2.24) is 4.31 Å². The van der Waals surface area contributed by atoms with Crippen LogP contribution < -0.4 is 5.73 Å². The summed E-state index contributed by atoms with van der Waals surface area (Å²) in [7, 11) is -2.46. The molecule has 0 bridgehead atoms. The van der Waals surface area contributed by atoms with Gasteiger partial charge in [-0.1, -0.05) is 0 Å². The van der Waals surface area contributed by atoms with Crippen LogP contribution in [0.15, 0.2) is 17.0 Å². The monoisotopic (exact) mass is 304 g/mol. The van der Waals surface area contributed by atoms with Gasteiger partial charge in [-0.05, 0) is 38.5 Å². The topological polar surface area (TPSA) is 72.6 Å². The molecule has 1 rings (SSSR count). The number of benzene rings is 1. The molecule has 0 amide bonds. The van der Waals surface area contributed by atoms with Gasteiger partial charge < -0.3 is 10.5 Å². The van der Waals surface area contributed by atoms with Gasteiger partial charge in [0.2, 0.25) is 10.0 Å². The van der Waals surface area contributed by atoms with E-state index in [-0.39, 0.29) is 24.9 Å². The Labute approximate surface area is 119 Å². The summed E-state index contributed by atoms with van der Waals surface area (Å²) >= 11 is 0. The zero-order valence-electron chi connectivity index (χ0n) is 12.2. The van der Waals surface area contributed by atoms with Gasteiger partial charge in [-0.25, -0.2) is 12.8 Å². The molecule has 1 aromatic rings. The lowest BCUT2D eigenvalue weighted by atomic mass is 10.2. The summed E-state index contributed by atoms with van der Waals surface area (Å²) in [5, 5.41) is 0. The van der Waals surface area contributed by atoms with E-state index in [1.54, 1.807) is 20.8 Å². The Hall–Kier alpha value is -1.18. The van der Waals surface area contributed by atoms with Gasteiger partial charge in [0.1, 0.15) is 10.7 Å². The highest BCUT2D eigenvalue weighted by molar-refractivity contribution is 7.89. The summed E-state index contributed by atoms with van der Waals surface area (Å²) in [6.45, 7) is 5.47. The second-order valence-electron chi connectivity index (χ2n) is 4.84. The van der Waals surface area contributed by atoms with E-state index in [9.17, 15) is 12.8 Å². The molecule has 0 heterocycles. The van der Waals surface area contributed by atoms with Crippen LogP contribution in [0.3, 0.4) is 0 Å². The van der Waals surface area contributed by atoms with Gasteiger partial charge in [-0.3, -0.25) is 0 Å². The van der Waals surface area contributed by atoms with E-state index in [1.807, 2.05) is 0 Å². The van der Waals surface area contributed by atoms with Crippen LogP contribution in [-0.4, -0.2) is 39.0 Å². The first-order chi connectivity index (χ1) is 9.21. The molecule has 20 heavy (non-hydrogen) atoms. The number of halogens is 1. The van der Waals surface area contributed by atoms with E-state index >= 15 is 0 Å². The van der Waals surface area contributed by atoms with Gasteiger partial charge in [-0.15, -0.1) is 0 Å². The summed E-state index contributed by atoms with van der Waals surface area (Å²) < 4.78 is 45.2. The minimum Gasteiger partial charge on any atom is -0.398 e. The lowest BCUT2D eigenvalue weighted by Gasteiger charge is -2.26. The fourth-order valence-electron chi connectivity index (χ4n) is 1.83. The Morgan fingerprint density at radius 1 is 1.40 bits per heavy atom. The Kier molecular flexibility index (Phi) is 5.50. The third-order valence-corrected chi connectivity index (χ3v) is 5.09. The van der Waals surface area contributed by atoms with Crippen LogP contribution in [-0.2, 0) is 14.8 Å². The molecular weight excluding hydrogens is 283 g/mol. The molecule has 0 aliphatic rings. The lowest BCUT2D eigenvalue weighted by Crippen LogP contribution is -2.39. The van der Waals surface area contributed by atoms with E-state index < -0.39 is 20.7 Å². The second-order valence-corrected chi connectivity index (χ2v) is 6.70. The Balaban J connectivity index is 3.29. The maximum Gasteiger partial charge on any atom is 0.246 e. The molecule has 0 aromatic heterocycles. The number of hydrogen-bond acceptors (Lipinski definition) is 4. The molecule has 0 saturated carbocycles. The van der Waals surface area contributed by atoms with Crippen molar-refractivity contribution >= 4 is 15.7 Å². The van der Waals surface area contributed by atoms with Crippen molar-refractivity contribution in [3.8, 4) is 0 Å². The number of aryl methyl sites for hydroxylation is 1. The summed E-state index contributed by atoms with van der Waals surface area (Å²) in [4.78, 5) is -0.398. The molecule has 0 spiro atoms. The van der Waals surface area contributed by atoms with Crippen molar-refractivity contribution in [1.29, 1.82) is 0 Å². The molecule has 0 fully saturated rings. The van der Waals surface area contributed by atoms with Crippen LogP contribution in [0, 0.1) is 12.7 Å². The lowest BCUT2D eigenvalue weighted by molar-refractivity contribution is 0.170.